The van der Waals surface area contributed by atoms with Crippen LogP contribution in [-0.2, 0) is 4.79 Å². The topological polar surface area (TPSA) is 53.9 Å². The maximum absolute atomic E-state index is 12.1. The zero-order valence-electron chi connectivity index (χ0n) is 11.8. The second-order valence-electron chi connectivity index (χ2n) is 4.73. The van der Waals surface area contributed by atoms with Gasteiger partial charge in [-0.15, -0.1) is 0 Å². The number of aliphatic imine (C=N–C) groups is 1. The van der Waals surface area contributed by atoms with Crippen LogP contribution in [0.15, 0.2) is 40.4 Å². The number of carbonyl (C=O) groups excluding carboxylic acids is 1. The molecule has 2 heterocycles. The van der Waals surface area contributed by atoms with Gasteiger partial charge in [0, 0.05) is 17.9 Å². The first-order valence-corrected chi connectivity index (χ1v) is 7.84. The van der Waals surface area contributed by atoms with Gasteiger partial charge in [-0.3, -0.25) is 9.79 Å². The van der Waals surface area contributed by atoms with E-state index < -0.39 is 0 Å². The van der Waals surface area contributed by atoms with E-state index in [1.807, 2.05) is 36.6 Å². The zero-order valence-corrected chi connectivity index (χ0v) is 12.7. The fraction of sp³-hybridized carbons (Fsp3) is 0.333. The lowest BCUT2D eigenvalue weighted by atomic mass is 10.2. The van der Waals surface area contributed by atoms with Gasteiger partial charge in [0.1, 0.15) is 5.75 Å². The van der Waals surface area contributed by atoms with Gasteiger partial charge in [-0.2, -0.15) is 0 Å². The van der Waals surface area contributed by atoms with Crippen LogP contribution >= 0.6 is 11.8 Å². The molecule has 1 aromatic rings. The molecule has 110 valence electrons. The van der Waals surface area contributed by atoms with E-state index in [1.54, 1.807) is 11.8 Å². The van der Waals surface area contributed by atoms with E-state index in [0.29, 0.717) is 13.0 Å². The molecule has 0 bridgehead atoms. The summed E-state index contributed by atoms with van der Waals surface area (Å²) < 4.78 is 5.38. The Kier molecular flexibility index (Phi) is 4.15. The highest BCUT2D eigenvalue weighted by Gasteiger charge is 2.27. The van der Waals surface area contributed by atoms with E-state index in [4.69, 9.17) is 4.74 Å². The molecule has 0 radical (unpaired) electrons. The average Bonchev–Trinajstić information content (AvgIpc) is 3.06. The predicted octanol–water partition coefficient (Wildman–Crippen LogP) is 2.67. The van der Waals surface area contributed by atoms with E-state index >= 15 is 0 Å². The second kappa shape index (κ2) is 6.22. The van der Waals surface area contributed by atoms with Crippen LogP contribution in [0.2, 0.25) is 0 Å². The molecular formula is C15H17N3O2S. The first-order valence-electron chi connectivity index (χ1n) is 6.96. The Labute approximate surface area is 128 Å². The lowest BCUT2D eigenvalue weighted by Crippen LogP contribution is -2.24. The number of benzene rings is 1. The Morgan fingerprint density at radius 3 is 3.00 bits per heavy atom. The van der Waals surface area contributed by atoms with Crippen molar-refractivity contribution in [3.05, 3.63) is 35.4 Å². The molecule has 2 aliphatic heterocycles. The summed E-state index contributed by atoms with van der Waals surface area (Å²) in [5.74, 6) is 0.794. The van der Waals surface area contributed by atoms with Gasteiger partial charge in [0.05, 0.1) is 19.6 Å². The third-order valence-electron chi connectivity index (χ3n) is 3.24. The van der Waals surface area contributed by atoms with Gasteiger partial charge in [0.25, 0.3) is 0 Å². The molecule has 5 nitrogen and oxygen atoms in total. The van der Waals surface area contributed by atoms with Crippen molar-refractivity contribution in [2.45, 2.75) is 13.3 Å². The number of amidine groups is 1. The van der Waals surface area contributed by atoms with Crippen LogP contribution in [0.5, 0.6) is 5.75 Å². The number of hydrogen-bond acceptors (Lipinski definition) is 5. The van der Waals surface area contributed by atoms with Crippen molar-refractivity contribution in [3.8, 4) is 5.75 Å². The van der Waals surface area contributed by atoms with E-state index in [1.165, 1.54) is 0 Å². The number of amides is 1. The Morgan fingerprint density at radius 2 is 2.24 bits per heavy atom. The highest BCUT2D eigenvalue weighted by atomic mass is 32.2. The summed E-state index contributed by atoms with van der Waals surface area (Å²) in [6, 6.07) is 7.41. The Bertz CT molecular complexity index is 595. The van der Waals surface area contributed by atoms with Gasteiger partial charge < -0.3 is 15.0 Å². The lowest BCUT2D eigenvalue weighted by molar-refractivity contribution is -0.115. The maximum atomic E-state index is 12.1. The van der Waals surface area contributed by atoms with Crippen LogP contribution in [0.4, 0.5) is 5.69 Å². The largest absolute Gasteiger partial charge is 0.494 e. The minimum absolute atomic E-state index is 0.0147. The maximum Gasteiger partial charge on any atom is 0.230 e. The number of ether oxygens (including phenoxy) is 1. The zero-order chi connectivity index (χ0) is 14.7. The summed E-state index contributed by atoms with van der Waals surface area (Å²) in [4.78, 5) is 18.6. The minimum atomic E-state index is -0.0147. The normalized spacial score (nSPS) is 16.3. The van der Waals surface area contributed by atoms with Crippen molar-refractivity contribution < 1.29 is 9.53 Å². The molecule has 0 unspecified atom stereocenters. The Balaban J connectivity index is 1.55. The first-order chi connectivity index (χ1) is 10.3. The Hall–Kier alpha value is -1.95. The molecule has 6 heteroatoms. The molecule has 0 aliphatic carbocycles. The number of thioether (sulfide) groups is 1. The van der Waals surface area contributed by atoms with Gasteiger partial charge in [-0.1, -0.05) is 11.8 Å². The number of anilines is 1. The third-order valence-corrected chi connectivity index (χ3v) is 4.19. The lowest BCUT2D eigenvalue weighted by Gasteiger charge is -2.16. The van der Waals surface area contributed by atoms with Crippen molar-refractivity contribution >= 4 is 28.5 Å². The fourth-order valence-corrected chi connectivity index (χ4v) is 3.24. The van der Waals surface area contributed by atoms with Crippen LogP contribution in [0.1, 0.15) is 13.3 Å². The van der Waals surface area contributed by atoms with Gasteiger partial charge in [0.2, 0.25) is 5.91 Å². The van der Waals surface area contributed by atoms with Crippen LogP contribution in [0.25, 0.3) is 0 Å². The van der Waals surface area contributed by atoms with Crippen molar-refractivity contribution in [3.63, 3.8) is 0 Å². The number of nitrogens with one attached hydrogen (secondary N) is 1. The van der Waals surface area contributed by atoms with Gasteiger partial charge in [-0.05, 0) is 36.6 Å². The van der Waals surface area contributed by atoms with E-state index in [2.05, 4.69) is 15.2 Å². The first kappa shape index (κ1) is 14.0. The molecule has 0 atom stereocenters. The van der Waals surface area contributed by atoms with E-state index in [9.17, 15) is 4.79 Å². The molecule has 1 N–H and O–H groups in total. The van der Waals surface area contributed by atoms with Gasteiger partial charge in [-0.25, -0.2) is 0 Å². The summed E-state index contributed by atoms with van der Waals surface area (Å²) in [5.41, 5.74) is 1.81. The number of hydrogen-bond donors (Lipinski definition) is 1. The molecule has 3 rings (SSSR count). The van der Waals surface area contributed by atoms with Crippen molar-refractivity contribution in [2.24, 2.45) is 4.99 Å². The molecule has 2 aliphatic rings. The van der Waals surface area contributed by atoms with E-state index in [-0.39, 0.29) is 5.91 Å². The van der Waals surface area contributed by atoms with Crippen LogP contribution in [-0.4, -0.2) is 35.7 Å². The smallest absolute Gasteiger partial charge is 0.230 e. The predicted molar refractivity (Wildman–Crippen MR) is 85.5 cm³/mol. The van der Waals surface area contributed by atoms with Crippen molar-refractivity contribution in [1.82, 2.24) is 4.90 Å². The van der Waals surface area contributed by atoms with Crippen molar-refractivity contribution in [1.29, 1.82) is 0 Å². The molecule has 0 saturated heterocycles. The molecule has 1 amide bonds. The highest BCUT2D eigenvalue weighted by molar-refractivity contribution is 8.16. The molecule has 21 heavy (non-hydrogen) atoms. The molecular weight excluding hydrogens is 286 g/mol. The Morgan fingerprint density at radius 1 is 1.43 bits per heavy atom. The minimum Gasteiger partial charge on any atom is -0.494 e. The molecule has 0 fully saturated rings. The van der Waals surface area contributed by atoms with Crippen molar-refractivity contribution in [2.75, 3.05) is 25.0 Å². The average molecular weight is 303 g/mol. The monoisotopic (exact) mass is 303 g/mol. The van der Waals surface area contributed by atoms with Crippen LogP contribution in [0, 0.1) is 0 Å². The second-order valence-corrected chi connectivity index (χ2v) is 5.56. The van der Waals surface area contributed by atoms with Gasteiger partial charge in [0.15, 0.2) is 5.17 Å². The van der Waals surface area contributed by atoms with E-state index in [0.717, 1.165) is 35.4 Å². The number of carbonyl (C=O) groups is 1. The quantitative estimate of drug-likeness (QED) is 0.908. The summed E-state index contributed by atoms with van der Waals surface area (Å²) in [5, 5.41) is 5.93. The number of fused-ring (bicyclic) bond motifs is 1. The summed E-state index contributed by atoms with van der Waals surface area (Å²) in [6.07, 6.45) is 0.374. The summed E-state index contributed by atoms with van der Waals surface area (Å²) in [6.45, 7) is 4.28. The SMILES string of the molecule is CCOc1ccc(NC(=O)CC2=CSC3=NCCN23)cc1. The number of nitrogens with zero attached hydrogens (tertiary/aromatic N) is 2. The van der Waals surface area contributed by atoms with Crippen LogP contribution < -0.4 is 10.1 Å². The summed E-state index contributed by atoms with van der Waals surface area (Å²) >= 11 is 1.59. The van der Waals surface area contributed by atoms with Gasteiger partial charge >= 0.3 is 0 Å². The highest BCUT2D eigenvalue weighted by Crippen LogP contribution is 2.31. The number of rotatable bonds is 5. The molecule has 0 saturated carbocycles. The molecule has 0 aromatic heterocycles. The molecule has 1 aromatic carbocycles. The van der Waals surface area contributed by atoms with Crippen LogP contribution in [0.3, 0.4) is 0 Å². The third kappa shape index (κ3) is 3.21. The standard InChI is InChI=1S/C15H17N3O2S/c1-2-20-13-5-3-11(4-6-13)17-14(19)9-12-10-21-15-16-7-8-18(12)15/h3-6,10H,2,7-9H2,1H3,(H,17,19). The fourth-order valence-electron chi connectivity index (χ4n) is 2.29. The summed E-state index contributed by atoms with van der Waals surface area (Å²) in [7, 11) is 0. The molecule has 0 spiro atoms.